The highest BCUT2D eigenvalue weighted by Crippen LogP contribution is 2.36. The van der Waals surface area contributed by atoms with Gasteiger partial charge in [0.1, 0.15) is 19.0 Å². The first-order valence-corrected chi connectivity index (χ1v) is 10.7. The van der Waals surface area contributed by atoms with Crippen molar-refractivity contribution in [2.75, 3.05) is 19.8 Å². The Bertz CT molecular complexity index is 1000. The van der Waals surface area contributed by atoms with Crippen LogP contribution in [0, 0.1) is 11.7 Å². The van der Waals surface area contributed by atoms with E-state index in [1.165, 1.54) is 23.9 Å². The second-order valence-electron chi connectivity index (χ2n) is 7.55. The average Bonchev–Trinajstić information content (AvgIpc) is 3.02. The molecule has 0 bridgehead atoms. The van der Waals surface area contributed by atoms with Crippen LogP contribution < -0.4 is 9.47 Å². The standard InChI is InChI=1S/C23H23FN2O3S/c1-15(2)14-26-22(27)21(12-17-5-8-19-20(11-17)29-10-9-28-19)30-23(26)25-13-16-3-6-18(24)7-4-16/h3-8,11-12,15H,9-10,13-14H2,1-2H3/b21-12-,25-23?. The molecule has 0 saturated carbocycles. The van der Waals surface area contributed by atoms with Crippen LogP contribution in [0.4, 0.5) is 4.39 Å². The summed E-state index contributed by atoms with van der Waals surface area (Å²) in [6.07, 6.45) is 1.86. The first-order valence-electron chi connectivity index (χ1n) is 9.89. The van der Waals surface area contributed by atoms with E-state index in [0.29, 0.717) is 48.0 Å². The van der Waals surface area contributed by atoms with E-state index in [0.717, 1.165) is 16.9 Å². The van der Waals surface area contributed by atoms with Crippen molar-refractivity contribution in [1.82, 2.24) is 4.90 Å². The fourth-order valence-electron chi connectivity index (χ4n) is 3.20. The molecule has 2 aromatic rings. The van der Waals surface area contributed by atoms with E-state index in [1.54, 1.807) is 17.0 Å². The van der Waals surface area contributed by atoms with Gasteiger partial charge >= 0.3 is 0 Å². The summed E-state index contributed by atoms with van der Waals surface area (Å²) in [6, 6.07) is 11.9. The van der Waals surface area contributed by atoms with E-state index in [2.05, 4.69) is 18.8 Å². The van der Waals surface area contributed by atoms with Crippen molar-refractivity contribution in [3.8, 4) is 11.5 Å². The Kier molecular flexibility index (Phi) is 6.08. The van der Waals surface area contributed by atoms with Crippen LogP contribution >= 0.6 is 11.8 Å². The van der Waals surface area contributed by atoms with E-state index in [4.69, 9.17) is 9.47 Å². The number of nitrogens with zero attached hydrogens (tertiary/aromatic N) is 2. The number of carbonyl (C=O) groups excluding carboxylic acids is 1. The van der Waals surface area contributed by atoms with Crippen LogP contribution in [0.5, 0.6) is 11.5 Å². The lowest BCUT2D eigenvalue weighted by Gasteiger charge is -2.18. The average molecular weight is 427 g/mol. The van der Waals surface area contributed by atoms with Crippen LogP contribution in [0.15, 0.2) is 52.4 Å². The predicted molar refractivity (Wildman–Crippen MR) is 117 cm³/mol. The van der Waals surface area contributed by atoms with Crippen LogP contribution in [0.1, 0.15) is 25.0 Å². The third-order valence-corrected chi connectivity index (χ3v) is 5.65. The van der Waals surface area contributed by atoms with Gasteiger partial charge in [-0.05, 0) is 59.1 Å². The molecule has 2 heterocycles. The number of amides is 1. The number of thioether (sulfide) groups is 1. The van der Waals surface area contributed by atoms with Crippen molar-refractivity contribution in [3.63, 3.8) is 0 Å². The first kappa shape index (κ1) is 20.5. The minimum Gasteiger partial charge on any atom is -0.486 e. The van der Waals surface area contributed by atoms with Gasteiger partial charge in [0.25, 0.3) is 5.91 Å². The highest BCUT2D eigenvalue weighted by molar-refractivity contribution is 8.18. The highest BCUT2D eigenvalue weighted by Gasteiger charge is 2.33. The molecule has 0 aromatic heterocycles. The second kappa shape index (κ2) is 8.92. The molecule has 0 unspecified atom stereocenters. The number of halogens is 1. The summed E-state index contributed by atoms with van der Waals surface area (Å²) in [5.41, 5.74) is 1.77. The number of benzene rings is 2. The van der Waals surface area contributed by atoms with Crippen molar-refractivity contribution in [2.24, 2.45) is 10.9 Å². The molecule has 1 amide bonds. The molecule has 0 aliphatic carbocycles. The van der Waals surface area contributed by atoms with Gasteiger partial charge in [0.05, 0.1) is 11.4 Å². The summed E-state index contributed by atoms with van der Waals surface area (Å²) in [4.78, 5) is 20.0. The van der Waals surface area contributed by atoms with Gasteiger partial charge in [0.15, 0.2) is 16.7 Å². The van der Waals surface area contributed by atoms with Crippen LogP contribution in [0.3, 0.4) is 0 Å². The molecule has 1 saturated heterocycles. The normalized spacial score (nSPS) is 18.7. The van der Waals surface area contributed by atoms with Gasteiger partial charge in [-0.2, -0.15) is 0 Å². The molecule has 0 atom stereocenters. The van der Waals surface area contributed by atoms with Gasteiger partial charge < -0.3 is 9.47 Å². The van der Waals surface area contributed by atoms with Gasteiger partial charge in [-0.15, -0.1) is 0 Å². The van der Waals surface area contributed by atoms with Crippen LogP contribution in [-0.4, -0.2) is 35.7 Å². The number of ether oxygens (including phenoxy) is 2. The van der Waals surface area contributed by atoms with E-state index in [1.807, 2.05) is 24.3 Å². The molecule has 7 heteroatoms. The van der Waals surface area contributed by atoms with Crippen molar-refractivity contribution >= 4 is 28.9 Å². The maximum absolute atomic E-state index is 13.1. The topological polar surface area (TPSA) is 51.1 Å². The van der Waals surface area contributed by atoms with Crippen LogP contribution in [0.2, 0.25) is 0 Å². The van der Waals surface area contributed by atoms with Crippen molar-refractivity contribution in [2.45, 2.75) is 20.4 Å². The molecule has 2 aromatic carbocycles. The van der Waals surface area contributed by atoms with E-state index in [9.17, 15) is 9.18 Å². The van der Waals surface area contributed by atoms with Crippen molar-refractivity contribution in [3.05, 3.63) is 64.3 Å². The Morgan fingerprint density at radius 2 is 1.87 bits per heavy atom. The molecular formula is C23H23FN2O3S. The van der Waals surface area contributed by atoms with Crippen LogP contribution in [-0.2, 0) is 11.3 Å². The number of fused-ring (bicyclic) bond motifs is 1. The molecule has 2 aliphatic heterocycles. The Morgan fingerprint density at radius 1 is 1.13 bits per heavy atom. The Hall–Kier alpha value is -2.80. The summed E-state index contributed by atoms with van der Waals surface area (Å²) in [5, 5.41) is 0.668. The molecule has 2 aliphatic rings. The third kappa shape index (κ3) is 4.67. The molecule has 4 rings (SSSR count). The fraction of sp³-hybridized carbons (Fsp3) is 0.304. The van der Waals surface area contributed by atoms with Gasteiger partial charge in [0.2, 0.25) is 0 Å². The smallest absolute Gasteiger partial charge is 0.266 e. The Labute approximate surface area is 179 Å². The summed E-state index contributed by atoms with van der Waals surface area (Å²) in [7, 11) is 0. The lowest BCUT2D eigenvalue weighted by molar-refractivity contribution is -0.122. The monoisotopic (exact) mass is 426 g/mol. The van der Waals surface area contributed by atoms with E-state index < -0.39 is 0 Å². The summed E-state index contributed by atoms with van der Waals surface area (Å²) in [6.45, 7) is 6.17. The number of aliphatic imine (C=N–C) groups is 1. The molecule has 5 nitrogen and oxygen atoms in total. The van der Waals surface area contributed by atoms with E-state index >= 15 is 0 Å². The molecule has 30 heavy (non-hydrogen) atoms. The molecule has 156 valence electrons. The van der Waals surface area contributed by atoms with Gasteiger partial charge in [-0.25, -0.2) is 4.39 Å². The number of hydrogen-bond donors (Lipinski definition) is 0. The molecule has 0 N–H and O–H groups in total. The zero-order chi connectivity index (χ0) is 21.1. The lowest BCUT2D eigenvalue weighted by atomic mass is 10.1. The number of hydrogen-bond acceptors (Lipinski definition) is 5. The molecule has 1 fully saturated rings. The largest absolute Gasteiger partial charge is 0.486 e. The molecule has 0 radical (unpaired) electrons. The number of rotatable bonds is 5. The van der Waals surface area contributed by atoms with Crippen molar-refractivity contribution in [1.29, 1.82) is 0 Å². The maximum atomic E-state index is 13.1. The number of carbonyl (C=O) groups is 1. The van der Waals surface area contributed by atoms with Crippen LogP contribution in [0.25, 0.3) is 6.08 Å². The molecule has 0 spiro atoms. The minimum atomic E-state index is -0.275. The quantitative estimate of drug-likeness (QED) is 0.649. The van der Waals surface area contributed by atoms with Gasteiger partial charge in [0, 0.05) is 6.54 Å². The Balaban J connectivity index is 1.58. The minimum absolute atomic E-state index is 0.0542. The zero-order valence-electron chi connectivity index (χ0n) is 16.9. The molecular weight excluding hydrogens is 403 g/mol. The van der Waals surface area contributed by atoms with Gasteiger partial charge in [-0.1, -0.05) is 32.0 Å². The van der Waals surface area contributed by atoms with E-state index in [-0.39, 0.29) is 11.7 Å². The predicted octanol–water partition coefficient (Wildman–Crippen LogP) is 4.73. The number of amidine groups is 1. The highest BCUT2D eigenvalue weighted by atomic mass is 32.2. The lowest BCUT2D eigenvalue weighted by Crippen LogP contribution is -2.32. The SMILES string of the molecule is CC(C)CN1C(=O)/C(=C/c2ccc3c(c2)OCCO3)SC1=NCc1ccc(F)cc1. The third-order valence-electron chi connectivity index (χ3n) is 4.61. The summed E-state index contributed by atoms with van der Waals surface area (Å²) >= 11 is 1.36. The first-order chi connectivity index (χ1) is 14.5. The Morgan fingerprint density at radius 3 is 2.60 bits per heavy atom. The zero-order valence-corrected chi connectivity index (χ0v) is 17.7. The second-order valence-corrected chi connectivity index (χ2v) is 8.56. The fourth-order valence-corrected chi connectivity index (χ4v) is 4.19. The van der Waals surface area contributed by atoms with Crippen molar-refractivity contribution < 1.29 is 18.7 Å². The maximum Gasteiger partial charge on any atom is 0.266 e. The van der Waals surface area contributed by atoms with Gasteiger partial charge in [-0.3, -0.25) is 14.7 Å². The summed E-state index contributed by atoms with van der Waals surface area (Å²) in [5.74, 6) is 1.38. The summed E-state index contributed by atoms with van der Waals surface area (Å²) < 4.78 is 24.3.